The van der Waals surface area contributed by atoms with Crippen LogP contribution in [-0.4, -0.2) is 39.7 Å². The summed E-state index contributed by atoms with van der Waals surface area (Å²) in [5.41, 5.74) is 2.42. The minimum Gasteiger partial charge on any atom is -0.481 e. The van der Waals surface area contributed by atoms with Gasteiger partial charge in [0.2, 0.25) is 0 Å². The van der Waals surface area contributed by atoms with Crippen LogP contribution in [0.2, 0.25) is 10.0 Å². The summed E-state index contributed by atoms with van der Waals surface area (Å²) in [4.78, 5) is 22.9. The molecule has 0 aliphatic heterocycles. The van der Waals surface area contributed by atoms with Crippen LogP contribution < -0.4 is 15.4 Å². The molecule has 0 atom stereocenters. The number of benzene rings is 3. The number of carbonyl (C=O) groups excluding carboxylic acids is 1. The quantitative estimate of drug-likeness (QED) is 0.204. The van der Waals surface area contributed by atoms with E-state index in [-0.39, 0.29) is 18.7 Å². The second-order valence-electron chi connectivity index (χ2n) is 8.13. The zero-order valence-electron chi connectivity index (χ0n) is 19.8. The topological polar surface area (TPSA) is 105 Å². The molecule has 0 aliphatic carbocycles. The van der Waals surface area contributed by atoms with Crippen molar-refractivity contribution in [3.8, 4) is 22.7 Å². The molecule has 1 heterocycles. The fraction of sp³-hybridized carbons (Fsp3) is 0.115. The van der Waals surface area contributed by atoms with Crippen molar-refractivity contribution >= 4 is 46.6 Å². The van der Waals surface area contributed by atoms with Crippen LogP contribution in [0, 0.1) is 0 Å². The molecule has 1 aromatic heterocycles. The molecule has 39 heavy (non-hydrogen) atoms. The summed E-state index contributed by atoms with van der Waals surface area (Å²) in [6, 6.07) is 18.2. The molecule has 0 spiro atoms. The number of anilines is 2. The largest absolute Gasteiger partial charge is 0.573 e. The van der Waals surface area contributed by atoms with Crippen molar-refractivity contribution in [3.63, 3.8) is 0 Å². The summed E-state index contributed by atoms with van der Waals surface area (Å²) in [6.07, 6.45) is -5.02. The molecule has 3 aromatic carbocycles. The van der Waals surface area contributed by atoms with Crippen LogP contribution in [0.4, 0.5) is 24.7 Å². The Balaban J connectivity index is 1.63. The van der Waals surface area contributed by atoms with Crippen molar-refractivity contribution in [2.24, 2.45) is 0 Å². The smallest absolute Gasteiger partial charge is 0.481 e. The Kier molecular flexibility index (Phi) is 8.32. The van der Waals surface area contributed by atoms with Gasteiger partial charge in [-0.25, -0.2) is 4.68 Å². The van der Waals surface area contributed by atoms with Crippen LogP contribution in [-0.2, 0) is 4.79 Å². The molecule has 0 fully saturated rings. The normalized spacial score (nSPS) is 11.2. The van der Waals surface area contributed by atoms with Crippen molar-refractivity contribution in [3.05, 3.63) is 88.4 Å². The summed E-state index contributed by atoms with van der Waals surface area (Å²) in [7, 11) is 0. The highest BCUT2D eigenvalue weighted by molar-refractivity contribution is 6.35. The number of carboxylic acids is 1. The third kappa shape index (κ3) is 7.65. The Hall–Kier alpha value is -4.22. The number of amides is 1. The molecular weight excluding hydrogens is 560 g/mol. The van der Waals surface area contributed by atoms with E-state index in [2.05, 4.69) is 20.5 Å². The van der Waals surface area contributed by atoms with E-state index in [1.165, 1.54) is 28.9 Å². The molecule has 0 radical (unpaired) electrons. The van der Waals surface area contributed by atoms with E-state index >= 15 is 0 Å². The average molecular weight is 579 g/mol. The molecule has 1 amide bonds. The number of nitrogens with one attached hydrogen (secondary N) is 2. The lowest BCUT2D eigenvalue weighted by molar-refractivity contribution is -0.274. The number of ether oxygens (including phenoxy) is 1. The van der Waals surface area contributed by atoms with Crippen LogP contribution in [0.5, 0.6) is 5.75 Å². The third-order valence-corrected chi connectivity index (χ3v) is 5.66. The van der Waals surface area contributed by atoms with Crippen LogP contribution in [0.3, 0.4) is 0 Å². The Labute approximate surface area is 229 Å². The van der Waals surface area contributed by atoms with Gasteiger partial charge < -0.3 is 20.5 Å². The van der Waals surface area contributed by atoms with Gasteiger partial charge >= 0.3 is 12.3 Å². The SMILES string of the molecule is O=C(O)CCNC(=O)c1ccc(Nc2cc(-c3cc(Cl)cc(Cl)c3)nn2-c2ccc(OC(F)(F)F)cc2)cc1. The lowest BCUT2D eigenvalue weighted by Gasteiger charge is -2.12. The summed E-state index contributed by atoms with van der Waals surface area (Å²) in [6.45, 7) is -0.00352. The van der Waals surface area contributed by atoms with E-state index in [4.69, 9.17) is 28.3 Å². The van der Waals surface area contributed by atoms with Gasteiger partial charge in [0.05, 0.1) is 17.8 Å². The van der Waals surface area contributed by atoms with E-state index in [9.17, 15) is 22.8 Å². The van der Waals surface area contributed by atoms with E-state index < -0.39 is 18.2 Å². The summed E-state index contributed by atoms with van der Waals surface area (Å²) in [5.74, 6) is -1.38. The van der Waals surface area contributed by atoms with Gasteiger partial charge in [0, 0.05) is 39.5 Å². The molecule has 13 heteroatoms. The first kappa shape index (κ1) is 27.8. The zero-order chi connectivity index (χ0) is 28.2. The van der Waals surface area contributed by atoms with Gasteiger partial charge in [-0.1, -0.05) is 23.2 Å². The standard InChI is InChI=1S/C26H19Cl2F3N4O4/c27-17-11-16(12-18(28)13-17)22-14-23(35(34-22)20-5-7-21(8-6-20)39-26(29,30)31)33-19-3-1-15(2-4-19)25(38)32-10-9-24(36)37/h1-8,11-14,33H,9-10H2,(H,32,38)(H,36,37). The first-order valence-corrected chi connectivity index (χ1v) is 12.0. The highest BCUT2D eigenvalue weighted by Crippen LogP contribution is 2.32. The molecule has 202 valence electrons. The highest BCUT2D eigenvalue weighted by Gasteiger charge is 2.31. The van der Waals surface area contributed by atoms with Gasteiger partial charge in [0.25, 0.3) is 5.91 Å². The van der Waals surface area contributed by atoms with Gasteiger partial charge in [-0.3, -0.25) is 9.59 Å². The number of rotatable bonds is 9. The predicted octanol–water partition coefficient (Wildman–Crippen LogP) is 6.69. The van der Waals surface area contributed by atoms with Gasteiger partial charge in [0.15, 0.2) is 0 Å². The van der Waals surface area contributed by atoms with Crippen molar-refractivity contribution in [1.29, 1.82) is 0 Å². The van der Waals surface area contributed by atoms with Crippen LogP contribution in [0.25, 0.3) is 16.9 Å². The minimum absolute atomic E-state index is 0.00352. The monoisotopic (exact) mass is 578 g/mol. The third-order valence-electron chi connectivity index (χ3n) is 5.23. The molecular formula is C26H19Cl2F3N4O4. The van der Waals surface area contributed by atoms with Gasteiger partial charge in [-0.15, -0.1) is 13.2 Å². The van der Waals surface area contributed by atoms with Crippen LogP contribution >= 0.6 is 23.2 Å². The molecule has 0 unspecified atom stereocenters. The fourth-order valence-corrected chi connectivity index (χ4v) is 4.06. The second kappa shape index (κ2) is 11.7. The van der Waals surface area contributed by atoms with Crippen molar-refractivity contribution in [2.75, 3.05) is 11.9 Å². The maximum atomic E-state index is 12.6. The summed E-state index contributed by atoms with van der Waals surface area (Å²) < 4.78 is 43.2. The number of nitrogens with zero attached hydrogens (tertiary/aromatic N) is 2. The Morgan fingerprint density at radius 1 is 0.949 bits per heavy atom. The Morgan fingerprint density at radius 3 is 2.18 bits per heavy atom. The highest BCUT2D eigenvalue weighted by atomic mass is 35.5. The van der Waals surface area contributed by atoms with E-state index in [1.807, 2.05) is 0 Å². The number of halogens is 5. The maximum Gasteiger partial charge on any atom is 0.573 e. The van der Waals surface area contributed by atoms with Crippen LogP contribution in [0.15, 0.2) is 72.8 Å². The fourth-order valence-electron chi connectivity index (χ4n) is 3.54. The van der Waals surface area contributed by atoms with Gasteiger partial charge in [0.1, 0.15) is 11.6 Å². The van der Waals surface area contributed by atoms with E-state index in [0.717, 1.165) is 0 Å². The number of aliphatic carboxylic acids is 1. The molecule has 0 saturated carbocycles. The van der Waals surface area contributed by atoms with Crippen molar-refractivity contribution in [2.45, 2.75) is 12.8 Å². The lowest BCUT2D eigenvalue weighted by Crippen LogP contribution is -2.25. The maximum absolute atomic E-state index is 12.6. The number of hydrogen-bond acceptors (Lipinski definition) is 5. The molecule has 4 aromatic rings. The predicted molar refractivity (Wildman–Crippen MR) is 140 cm³/mol. The number of carboxylic acid groups (broad SMARTS) is 1. The summed E-state index contributed by atoms with van der Waals surface area (Å²) in [5, 5.41) is 19.8. The zero-order valence-corrected chi connectivity index (χ0v) is 21.3. The number of hydrogen-bond donors (Lipinski definition) is 3. The number of carbonyl (C=O) groups is 2. The Bertz CT molecular complexity index is 1470. The molecule has 4 rings (SSSR count). The van der Waals surface area contributed by atoms with Crippen molar-refractivity contribution in [1.82, 2.24) is 15.1 Å². The number of aromatic nitrogens is 2. The van der Waals surface area contributed by atoms with E-state index in [1.54, 1.807) is 48.5 Å². The van der Waals surface area contributed by atoms with Crippen LogP contribution in [0.1, 0.15) is 16.8 Å². The average Bonchev–Trinajstić information content (AvgIpc) is 3.27. The number of alkyl halides is 3. The lowest BCUT2D eigenvalue weighted by atomic mass is 10.1. The molecule has 0 aliphatic rings. The van der Waals surface area contributed by atoms with Gasteiger partial charge in [-0.2, -0.15) is 5.10 Å². The molecule has 3 N–H and O–H groups in total. The minimum atomic E-state index is -4.82. The van der Waals surface area contributed by atoms with E-state index in [0.29, 0.717) is 44.1 Å². The second-order valence-corrected chi connectivity index (χ2v) is 9.00. The summed E-state index contributed by atoms with van der Waals surface area (Å²) >= 11 is 12.3. The first-order chi connectivity index (χ1) is 18.5. The first-order valence-electron chi connectivity index (χ1n) is 11.3. The Morgan fingerprint density at radius 2 is 1.59 bits per heavy atom. The molecule has 0 saturated heterocycles. The molecule has 8 nitrogen and oxygen atoms in total. The molecule has 0 bridgehead atoms. The van der Waals surface area contributed by atoms with Gasteiger partial charge in [-0.05, 0) is 66.7 Å². The van der Waals surface area contributed by atoms with Crippen molar-refractivity contribution < 1.29 is 32.6 Å².